The van der Waals surface area contributed by atoms with Crippen LogP contribution in [0.25, 0.3) is 0 Å². The number of hydrogen-bond donors (Lipinski definition) is 2. The molecule has 0 aromatic carbocycles. The zero-order valence-electron chi connectivity index (χ0n) is 7.85. The lowest BCUT2D eigenvalue weighted by molar-refractivity contribution is 0.324. The highest BCUT2D eigenvalue weighted by Gasteiger charge is 2.25. The van der Waals surface area contributed by atoms with E-state index in [1.54, 1.807) is 0 Å². The summed E-state index contributed by atoms with van der Waals surface area (Å²) in [5.74, 6) is 0. The van der Waals surface area contributed by atoms with Crippen molar-refractivity contribution in [2.45, 2.75) is 45.7 Å². The quantitative estimate of drug-likeness (QED) is 0.597. The minimum Gasteiger partial charge on any atom is -0.326 e. The van der Waals surface area contributed by atoms with E-state index in [1.165, 1.54) is 6.42 Å². The molecule has 11 heavy (non-hydrogen) atoms. The maximum absolute atomic E-state index is 5.78. The van der Waals surface area contributed by atoms with Crippen LogP contribution in [0.15, 0.2) is 0 Å². The molecular formula is C9H20N2. The summed E-state index contributed by atoms with van der Waals surface area (Å²) in [5, 5.41) is 3.44. The molecule has 1 saturated heterocycles. The van der Waals surface area contributed by atoms with Crippen LogP contribution < -0.4 is 11.1 Å². The van der Waals surface area contributed by atoms with E-state index < -0.39 is 0 Å². The third kappa shape index (κ3) is 3.21. The number of rotatable bonds is 1. The van der Waals surface area contributed by atoms with Crippen molar-refractivity contribution in [2.24, 2.45) is 11.1 Å². The van der Waals surface area contributed by atoms with Crippen LogP contribution in [-0.2, 0) is 0 Å². The molecule has 0 amide bonds. The molecule has 0 bridgehead atoms. The normalized spacial score (nSPS) is 32.7. The van der Waals surface area contributed by atoms with Crippen LogP contribution in [0.5, 0.6) is 0 Å². The zero-order valence-corrected chi connectivity index (χ0v) is 7.85. The molecule has 1 aliphatic heterocycles. The van der Waals surface area contributed by atoms with E-state index in [-0.39, 0.29) is 0 Å². The van der Waals surface area contributed by atoms with Crippen molar-refractivity contribution in [2.75, 3.05) is 6.54 Å². The van der Waals surface area contributed by atoms with Crippen LogP contribution in [0.1, 0.15) is 33.6 Å². The predicted molar refractivity (Wildman–Crippen MR) is 48.5 cm³/mol. The molecule has 1 fully saturated rings. The van der Waals surface area contributed by atoms with E-state index in [1.807, 2.05) is 0 Å². The molecule has 0 radical (unpaired) electrons. The van der Waals surface area contributed by atoms with Gasteiger partial charge in [-0.1, -0.05) is 20.8 Å². The van der Waals surface area contributed by atoms with Crippen LogP contribution in [0.4, 0.5) is 0 Å². The summed E-state index contributed by atoms with van der Waals surface area (Å²) >= 11 is 0. The van der Waals surface area contributed by atoms with Gasteiger partial charge in [0.2, 0.25) is 0 Å². The first kappa shape index (κ1) is 9.01. The second-order valence-electron chi connectivity index (χ2n) is 4.87. The van der Waals surface area contributed by atoms with Gasteiger partial charge in [0.15, 0.2) is 0 Å². The average molecular weight is 156 g/mol. The SMILES string of the molecule is CC(C)(C)C[C@@H]1C[C@@H](N)CN1. The lowest BCUT2D eigenvalue weighted by Gasteiger charge is -2.22. The predicted octanol–water partition coefficient (Wildman–Crippen LogP) is 1.11. The maximum atomic E-state index is 5.78. The summed E-state index contributed by atoms with van der Waals surface area (Å²) in [7, 11) is 0. The first-order valence-electron chi connectivity index (χ1n) is 4.46. The summed E-state index contributed by atoms with van der Waals surface area (Å²) < 4.78 is 0. The van der Waals surface area contributed by atoms with Gasteiger partial charge in [0.05, 0.1) is 0 Å². The molecule has 3 N–H and O–H groups in total. The van der Waals surface area contributed by atoms with Gasteiger partial charge in [0.1, 0.15) is 0 Å². The van der Waals surface area contributed by atoms with Gasteiger partial charge in [0.25, 0.3) is 0 Å². The molecule has 66 valence electrons. The molecule has 0 saturated carbocycles. The van der Waals surface area contributed by atoms with Crippen molar-refractivity contribution in [3.63, 3.8) is 0 Å². The van der Waals surface area contributed by atoms with Crippen LogP contribution in [-0.4, -0.2) is 18.6 Å². The van der Waals surface area contributed by atoms with Gasteiger partial charge in [-0.15, -0.1) is 0 Å². The molecule has 1 heterocycles. The minimum atomic E-state index is 0.391. The van der Waals surface area contributed by atoms with Gasteiger partial charge in [-0.2, -0.15) is 0 Å². The Bertz CT molecular complexity index is 126. The van der Waals surface area contributed by atoms with Crippen molar-refractivity contribution in [3.8, 4) is 0 Å². The van der Waals surface area contributed by atoms with E-state index in [0.717, 1.165) is 13.0 Å². The van der Waals surface area contributed by atoms with E-state index in [9.17, 15) is 0 Å². The minimum absolute atomic E-state index is 0.391. The Morgan fingerprint density at radius 2 is 2.09 bits per heavy atom. The van der Waals surface area contributed by atoms with E-state index >= 15 is 0 Å². The largest absolute Gasteiger partial charge is 0.326 e. The van der Waals surface area contributed by atoms with Crippen molar-refractivity contribution < 1.29 is 0 Å². The summed E-state index contributed by atoms with van der Waals surface area (Å²) in [4.78, 5) is 0. The van der Waals surface area contributed by atoms with Gasteiger partial charge in [-0.05, 0) is 18.3 Å². The highest BCUT2D eigenvalue weighted by atomic mass is 15.0. The molecule has 1 rings (SSSR count). The summed E-state index contributed by atoms with van der Waals surface area (Å²) in [6.07, 6.45) is 2.39. The van der Waals surface area contributed by atoms with Crippen molar-refractivity contribution in [1.82, 2.24) is 5.32 Å². The molecule has 0 spiro atoms. The Kier molecular flexibility index (Phi) is 2.55. The van der Waals surface area contributed by atoms with Crippen molar-refractivity contribution in [3.05, 3.63) is 0 Å². The zero-order chi connectivity index (χ0) is 8.48. The molecule has 0 aromatic heterocycles. The summed E-state index contributed by atoms with van der Waals surface area (Å²) in [6.45, 7) is 7.83. The highest BCUT2D eigenvalue weighted by molar-refractivity contribution is 4.86. The van der Waals surface area contributed by atoms with Crippen molar-refractivity contribution in [1.29, 1.82) is 0 Å². The number of nitrogens with two attached hydrogens (primary N) is 1. The maximum Gasteiger partial charge on any atom is 0.0180 e. The fourth-order valence-electron chi connectivity index (χ4n) is 1.74. The summed E-state index contributed by atoms with van der Waals surface area (Å²) in [6, 6.07) is 1.05. The monoisotopic (exact) mass is 156 g/mol. The third-order valence-electron chi connectivity index (χ3n) is 2.11. The van der Waals surface area contributed by atoms with Gasteiger partial charge in [-0.25, -0.2) is 0 Å². The molecule has 2 nitrogen and oxygen atoms in total. The first-order valence-corrected chi connectivity index (χ1v) is 4.46. The van der Waals surface area contributed by atoms with E-state index in [4.69, 9.17) is 5.73 Å². The molecular weight excluding hydrogens is 136 g/mol. The van der Waals surface area contributed by atoms with Crippen LogP contribution in [0.2, 0.25) is 0 Å². The number of hydrogen-bond acceptors (Lipinski definition) is 2. The van der Waals surface area contributed by atoms with Gasteiger partial charge in [0, 0.05) is 18.6 Å². The Hall–Kier alpha value is -0.0800. The van der Waals surface area contributed by atoms with E-state index in [0.29, 0.717) is 17.5 Å². The van der Waals surface area contributed by atoms with Gasteiger partial charge >= 0.3 is 0 Å². The van der Waals surface area contributed by atoms with E-state index in [2.05, 4.69) is 26.1 Å². The Balaban J connectivity index is 2.29. The van der Waals surface area contributed by atoms with Gasteiger partial charge < -0.3 is 11.1 Å². The van der Waals surface area contributed by atoms with Crippen LogP contribution in [0.3, 0.4) is 0 Å². The average Bonchev–Trinajstić information content (AvgIpc) is 2.10. The first-order chi connectivity index (χ1) is 4.97. The van der Waals surface area contributed by atoms with Gasteiger partial charge in [-0.3, -0.25) is 0 Å². The van der Waals surface area contributed by atoms with Crippen LogP contribution in [0, 0.1) is 5.41 Å². The Morgan fingerprint density at radius 3 is 2.45 bits per heavy atom. The lowest BCUT2D eigenvalue weighted by atomic mass is 9.87. The second kappa shape index (κ2) is 3.11. The molecule has 2 heteroatoms. The molecule has 0 aliphatic carbocycles. The smallest absolute Gasteiger partial charge is 0.0180 e. The molecule has 0 aromatic rings. The second-order valence-corrected chi connectivity index (χ2v) is 4.87. The topological polar surface area (TPSA) is 38.0 Å². The highest BCUT2D eigenvalue weighted by Crippen LogP contribution is 2.24. The Labute approximate surface area is 69.5 Å². The molecule has 0 unspecified atom stereocenters. The molecule has 2 atom stereocenters. The lowest BCUT2D eigenvalue weighted by Crippen LogP contribution is -2.26. The third-order valence-corrected chi connectivity index (χ3v) is 2.11. The molecule has 1 aliphatic rings. The fraction of sp³-hybridized carbons (Fsp3) is 1.00. The van der Waals surface area contributed by atoms with Crippen LogP contribution >= 0.6 is 0 Å². The fourth-order valence-corrected chi connectivity index (χ4v) is 1.74. The van der Waals surface area contributed by atoms with Crippen molar-refractivity contribution >= 4 is 0 Å². The number of nitrogens with one attached hydrogen (secondary N) is 1. The Morgan fingerprint density at radius 1 is 1.45 bits per heavy atom. The standard InChI is InChI=1S/C9H20N2/c1-9(2,3)5-8-4-7(10)6-11-8/h7-8,11H,4-6,10H2,1-3H3/t7-,8+/m1/s1. The summed E-state index contributed by atoms with van der Waals surface area (Å²) in [5.41, 5.74) is 6.21.